The van der Waals surface area contributed by atoms with Gasteiger partial charge in [0.05, 0.1) is 11.0 Å². The maximum absolute atomic E-state index is 4.76. The van der Waals surface area contributed by atoms with Gasteiger partial charge in [0.15, 0.2) is 0 Å². The lowest BCUT2D eigenvalue weighted by atomic mass is 9.91. The van der Waals surface area contributed by atoms with Gasteiger partial charge in [-0.2, -0.15) is 0 Å². The van der Waals surface area contributed by atoms with Crippen molar-refractivity contribution in [1.82, 2.24) is 9.97 Å². The molecule has 2 nitrogen and oxygen atoms in total. The third kappa shape index (κ3) is 3.14. The minimum atomic E-state index is 0.944. The van der Waals surface area contributed by atoms with Gasteiger partial charge in [-0.05, 0) is 72.8 Å². The monoisotopic (exact) mass is 482 g/mol. The van der Waals surface area contributed by atoms with E-state index in [0.29, 0.717) is 0 Å². The number of benzene rings is 7. The average molecular weight is 483 g/mol. The van der Waals surface area contributed by atoms with Crippen LogP contribution in [0.15, 0.2) is 134 Å². The summed E-state index contributed by atoms with van der Waals surface area (Å²) < 4.78 is 0. The number of aromatic nitrogens is 2. The molecule has 0 unspecified atom stereocenters. The zero-order valence-electron chi connectivity index (χ0n) is 20.6. The third-order valence-electron chi connectivity index (χ3n) is 7.72. The van der Waals surface area contributed by atoms with Gasteiger partial charge in [0.25, 0.3) is 0 Å². The molecule has 0 fully saturated rings. The third-order valence-corrected chi connectivity index (χ3v) is 7.72. The van der Waals surface area contributed by atoms with E-state index in [1.54, 1.807) is 12.4 Å². The summed E-state index contributed by atoms with van der Waals surface area (Å²) >= 11 is 0. The molecule has 176 valence electrons. The molecule has 0 amide bonds. The van der Waals surface area contributed by atoms with Gasteiger partial charge in [-0.3, -0.25) is 9.97 Å². The van der Waals surface area contributed by atoms with Crippen LogP contribution in [0.3, 0.4) is 0 Å². The van der Waals surface area contributed by atoms with Crippen molar-refractivity contribution in [2.75, 3.05) is 0 Å². The van der Waals surface area contributed by atoms with Gasteiger partial charge in [-0.25, -0.2) is 0 Å². The highest BCUT2D eigenvalue weighted by Crippen LogP contribution is 2.38. The second kappa shape index (κ2) is 8.22. The van der Waals surface area contributed by atoms with Crippen molar-refractivity contribution in [1.29, 1.82) is 0 Å². The molecule has 0 atom stereocenters. The highest BCUT2D eigenvalue weighted by atomic mass is 14.8. The molecule has 0 aliphatic heterocycles. The summed E-state index contributed by atoms with van der Waals surface area (Å²) in [4.78, 5) is 9.47. The predicted octanol–water partition coefficient (Wildman–Crippen LogP) is 9.58. The number of nitrogens with zero attached hydrogens (tertiary/aromatic N) is 2. The summed E-state index contributed by atoms with van der Waals surface area (Å²) in [7, 11) is 0. The van der Waals surface area contributed by atoms with Crippen LogP contribution in [0.1, 0.15) is 0 Å². The molecule has 0 radical (unpaired) electrons. The van der Waals surface area contributed by atoms with Gasteiger partial charge in [0.2, 0.25) is 0 Å². The Morgan fingerprint density at radius 2 is 0.921 bits per heavy atom. The lowest BCUT2D eigenvalue weighted by molar-refractivity contribution is 1.31. The van der Waals surface area contributed by atoms with Crippen LogP contribution in [0.5, 0.6) is 0 Å². The first-order valence-electron chi connectivity index (χ1n) is 12.9. The van der Waals surface area contributed by atoms with Crippen LogP contribution < -0.4 is 0 Å². The van der Waals surface area contributed by atoms with Crippen molar-refractivity contribution < 1.29 is 0 Å². The average Bonchev–Trinajstić information content (AvgIpc) is 3.00. The molecule has 2 heteroatoms. The Balaban J connectivity index is 1.36. The largest absolute Gasteiger partial charge is 0.252 e. The molecular weight excluding hydrogens is 460 g/mol. The lowest BCUT2D eigenvalue weighted by Crippen LogP contribution is -1.89. The highest BCUT2D eigenvalue weighted by Gasteiger charge is 2.13. The van der Waals surface area contributed by atoms with E-state index in [9.17, 15) is 0 Å². The number of fused-ring (bicyclic) bond motifs is 9. The second-order valence-corrected chi connectivity index (χ2v) is 9.83. The predicted molar refractivity (Wildman–Crippen MR) is 160 cm³/mol. The fourth-order valence-electron chi connectivity index (χ4n) is 5.97. The zero-order valence-corrected chi connectivity index (χ0v) is 20.6. The van der Waals surface area contributed by atoms with Crippen molar-refractivity contribution in [3.05, 3.63) is 134 Å². The Labute approximate surface area is 219 Å². The molecule has 0 spiro atoms. The molecule has 38 heavy (non-hydrogen) atoms. The maximum atomic E-state index is 4.76. The Bertz CT molecular complexity index is 2160. The van der Waals surface area contributed by atoms with Crippen molar-refractivity contribution in [3.8, 4) is 22.3 Å². The van der Waals surface area contributed by atoms with E-state index in [2.05, 4.69) is 121 Å². The van der Waals surface area contributed by atoms with Gasteiger partial charge in [-0.15, -0.1) is 0 Å². The smallest absolute Gasteiger partial charge is 0.0971 e. The Morgan fingerprint density at radius 1 is 0.342 bits per heavy atom. The number of rotatable bonds is 2. The zero-order chi connectivity index (χ0) is 25.1. The van der Waals surface area contributed by atoms with Crippen LogP contribution in [0.25, 0.3) is 76.4 Å². The molecule has 0 aliphatic rings. The van der Waals surface area contributed by atoms with Crippen molar-refractivity contribution >= 4 is 54.1 Å². The molecule has 7 aromatic carbocycles. The fourth-order valence-corrected chi connectivity index (χ4v) is 5.97. The normalized spacial score (nSPS) is 11.7. The number of hydrogen-bond acceptors (Lipinski definition) is 2. The molecule has 8 aromatic rings. The van der Waals surface area contributed by atoms with Crippen molar-refractivity contribution in [2.45, 2.75) is 0 Å². The van der Waals surface area contributed by atoms with Gasteiger partial charge in [0.1, 0.15) is 0 Å². The van der Waals surface area contributed by atoms with Gasteiger partial charge >= 0.3 is 0 Å². The fraction of sp³-hybridized carbons (Fsp3) is 0. The van der Waals surface area contributed by atoms with E-state index in [4.69, 9.17) is 9.97 Å². The molecule has 0 N–H and O–H groups in total. The first-order chi connectivity index (χ1) is 18.8. The summed E-state index contributed by atoms with van der Waals surface area (Å²) in [5.41, 5.74) is 6.72. The maximum Gasteiger partial charge on any atom is 0.0971 e. The molecule has 1 heterocycles. The van der Waals surface area contributed by atoms with Crippen LogP contribution in [0, 0.1) is 0 Å². The minimum Gasteiger partial charge on any atom is -0.252 e. The van der Waals surface area contributed by atoms with Gasteiger partial charge in [-0.1, -0.05) is 103 Å². The lowest BCUT2D eigenvalue weighted by Gasteiger charge is -2.13. The summed E-state index contributed by atoms with van der Waals surface area (Å²) in [5.74, 6) is 0. The SMILES string of the molecule is c1cc(-c2ccc3c4ccccc4c4nccnc4c3c2)cc(-c2cc3ccccc3c3ccccc23)c1. The number of hydrogen-bond donors (Lipinski definition) is 0. The summed E-state index contributed by atoms with van der Waals surface area (Å²) in [6.07, 6.45) is 3.57. The van der Waals surface area contributed by atoms with Crippen LogP contribution in [0.2, 0.25) is 0 Å². The van der Waals surface area contributed by atoms with E-state index in [-0.39, 0.29) is 0 Å². The van der Waals surface area contributed by atoms with Crippen LogP contribution in [0.4, 0.5) is 0 Å². The molecule has 0 saturated heterocycles. The standard InChI is InChI=1S/C36H22N2/c1-2-11-27-26(8-1)22-33(30-14-4-3-12-28(27)30)25-10-7-9-23(20-25)24-16-17-31-29-13-5-6-15-32(29)35-36(34(31)21-24)38-19-18-37-35/h1-22H. The van der Waals surface area contributed by atoms with E-state index >= 15 is 0 Å². The Hall–Kier alpha value is -5.08. The quantitative estimate of drug-likeness (QED) is 0.229. The second-order valence-electron chi connectivity index (χ2n) is 9.83. The molecule has 0 bridgehead atoms. The summed E-state index contributed by atoms with van der Waals surface area (Å²) in [6, 6.07) is 43.8. The Kier molecular flexibility index (Phi) is 4.55. The highest BCUT2D eigenvalue weighted by molar-refractivity contribution is 6.23. The van der Waals surface area contributed by atoms with Crippen molar-refractivity contribution in [3.63, 3.8) is 0 Å². The van der Waals surface area contributed by atoms with E-state index in [1.807, 2.05) is 0 Å². The molecule has 0 aliphatic carbocycles. The first kappa shape index (κ1) is 21.0. The Morgan fingerprint density at radius 3 is 1.74 bits per heavy atom. The van der Waals surface area contributed by atoms with E-state index < -0.39 is 0 Å². The van der Waals surface area contributed by atoms with Crippen LogP contribution >= 0.6 is 0 Å². The van der Waals surface area contributed by atoms with Crippen LogP contribution in [-0.4, -0.2) is 9.97 Å². The minimum absolute atomic E-state index is 0.944. The van der Waals surface area contributed by atoms with E-state index in [1.165, 1.54) is 54.6 Å². The van der Waals surface area contributed by atoms with Crippen LogP contribution in [-0.2, 0) is 0 Å². The first-order valence-corrected chi connectivity index (χ1v) is 12.9. The molecule has 0 saturated carbocycles. The van der Waals surface area contributed by atoms with Crippen molar-refractivity contribution in [2.24, 2.45) is 0 Å². The molecular formula is C36H22N2. The molecule has 8 rings (SSSR count). The van der Waals surface area contributed by atoms with E-state index in [0.717, 1.165) is 21.8 Å². The topological polar surface area (TPSA) is 25.8 Å². The summed E-state index contributed by atoms with van der Waals surface area (Å²) in [6.45, 7) is 0. The van der Waals surface area contributed by atoms with Gasteiger partial charge in [0, 0.05) is 23.2 Å². The van der Waals surface area contributed by atoms with Gasteiger partial charge < -0.3 is 0 Å². The molecule has 1 aromatic heterocycles. The summed E-state index contributed by atoms with van der Waals surface area (Å²) in [5, 5.41) is 9.79.